The summed E-state index contributed by atoms with van der Waals surface area (Å²) < 4.78 is 35.5. The standard InChI is InChI=1S/C7H13F3N2O/c1-4(2)3-12-6(13)5(11)7(8,9)10/h4-5H,3,11H2,1-2H3,(H,12,13). The monoisotopic (exact) mass is 198 g/mol. The third-order valence-electron chi connectivity index (χ3n) is 1.32. The van der Waals surface area contributed by atoms with E-state index in [9.17, 15) is 18.0 Å². The summed E-state index contributed by atoms with van der Waals surface area (Å²) in [7, 11) is 0. The number of nitrogens with one attached hydrogen (secondary N) is 1. The average molecular weight is 198 g/mol. The van der Waals surface area contributed by atoms with Gasteiger partial charge in [-0.15, -0.1) is 0 Å². The summed E-state index contributed by atoms with van der Waals surface area (Å²) in [4.78, 5) is 10.7. The number of rotatable bonds is 3. The van der Waals surface area contributed by atoms with Gasteiger partial charge in [-0.05, 0) is 5.92 Å². The molecule has 0 aromatic rings. The van der Waals surface area contributed by atoms with Crippen LogP contribution in [0, 0.1) is 5.92 Å². The lowest BCUT2D eigenvalue weighted by Crippen LogP contribution is -2.50. The highest BCUT2D eigenvalue weighted by molar-refractivity contribution is 5.82. The Kier molecular flexibility index (Phi) is 4.19. The minimum Gasteiger partial charge on any atom is -0.354 e. The van der Waals surface area contributed by atoms with Gasteiger partial charge in [-0.1, -0.05) is 13.8 Å². The van der Waals surface area contributed by atoms with E-state index in [0.29, 0.717) is 0 Å². The summed E-state index contributed by atoms with van der Waals surface area (Å²) in [5.74, 6) is -1.08. The minimum absolute atomic E-state index is 0.101. The molecule has 0 aliphatic heterocycles. The third-order valence-corrected chi connectivity index (χ3v) is 1.32. The molecule has 0 aliphatic rings. The Labute approximate surface area is 74.5 Å². The van der Waals surface area contributed by atoms with E-state index in [1.165, 1.54) is 0 Å². The number of alkyl halides is 3. The first-order chi connectivity index (χ1) is 5.75. The SMILES string of the molecule is CC(C)CNC(=O)C(N)C(F)(F)F. The predicted octanol–water partition coefficient (Wildman–Crippen LogP) is 0.648. The summed E-state index contributed by atoms with van der Waals surface area (Å²) in [6.45, 7) is 3.75. The molecule has 3 nitrogen and oxygen atoms in total. The van der Waals surface area contributed by atoms with Crippen LogP contribution in [-0.2, 0) is 4.79 Å². The van der Waals surface area contributed by atoms with E-state index in [0.717, 1.165) is 0 Å². The summed E-state index contributed by atoms with van der Waals surface area (Å²) in [5, 5.41) is 2.10. The summed E-state index contributed by atoms with van der Waals surface area (Å²) in [6.07, 6.45) is -4.67. The molecule has 0 spiro atoms. The molecule has 0 bridgehead atoms. The van der Waals surface area contributed by atoms with Crippen LogP contribution in [0.4, 0.5) is 13.2 Å². The second-order valence-corrected chi connectivity index (χ2v) is 3.16. The number of carbonyl (C=O) groups is 1. The van der Waals surface area contributed by atoms with Gasteiger partial charge in [0.2, 0.25) is 5.91 Å². The van der Waals surface area contributed by atoms with Crippen LogP contribution >= 0.6 is 0 Å². The first kappa shape index (κ1) is 12.2. The van der Waals surface area contributed by atoms with E-state index >= 15 is 0 Å². The van der Waals surface area contributed by atoms with Crippen molar-refractivity contribution in [3.63, 3.8) is 0 Å². The van der Waals surface area contributed by atoms with Crippen molar-refractivity contribution in [2.75, 3.05) is 6.54 Å². The van der Waals surface area contributed by atoms with E-state index in [1.54, 1.807) is 13.8 Å². The molecule has 0 rings (SSSR count). The highest BCUT2D eigenvalue weighted by Gasteiger charge is 2.41. The Morgan fingerprint density at radius 2 is 1.92 bits per heavy atom. The fraction of sp³-hybridized carbons (Fsp3) is 0.857. The maximum Gasteiger partial charge on any atom is 0.412 e. The van der Waals surface area contributed by atoms with Gasteiger partial charge in [0, 0.05) is 6.54 Å². The lowest BCUT2D eigenvalue weighted by molar-refractivity contribution is -0.162. The van der Waals surface area contributed by atoms with Gasteiger partial charge in [0.05, 0.1) is 0 Å². The fourth-order valence-corrected chi connectivity index (χ4v) is 0.563. The van der Waals surface area contributed by atoms with Gasteiger partial charge in [-0.2, -0.15) is 13.2 Å². The molecule has 0 fully saturated rings. The molecule has 3 N–H and O–H groups in total. The van der Waals surface area contributed by atoms with Crippen LogP contribution in [0.15, 0.2) is 0 Å². The van der Waals surface area contributed by atoms with Gasteiger partial charge in [-0.3, -0.25) is 4.79 Å². The van der Waals surface area contributed by atoms with Crippen LogP contribution < -0.4 is 11.1 Å². The Balaban J connectivity index is 3.98. The quantitative estimate of drug-likeness (QED) is 0.699. The highest BCUT2D eigenvalue weighted by Crippen LogP contribution is 2.18. The van der Waals surface area contributed by atoms with E-state index < -0.39 is 18.1 Å². The van der Waals surface area contributed by atoms with Crippen LogP contribution in [0.2, 0.25) is 0 Å². The van der Waals surface area contributed by atoms with Crippen LogP contribution in [0.3, 0.4) is 0 Å². The number of halogens is 3. The summed E-state index contributed by atoms with van der Waals surface area (Å²) >= 11 is 0. The molecular weight excluding hydrogens is 185 g/mol. The van der Waals surface area contributed by atoms with Gasteiger partial charge < -0.3 is 11.1 Å². The van der Waals surface area contributed by atoms with Gasteiger partial charge in [0.15, 0.2) is 6.04 Å². The zero-order valence-electron chi connectivity index (χ0n) is 7.48. The molecule has 0 aliphatic carbocycles. The van der Waals surface area contributed by atoms with E-state index in [1.807, 2.05) is 0 Å². The highest BCUT2D eigenvalue weighted by atomic mass is 19.4. The Morgan fingerprint density at radius 1 is 1.46 bits per heavy atom. The molecule has 6 heteroatoms. The van der Waals surface area contributed by atoms with Crippen molar-refractivity contribution in [3.05, 3.63) is 0 Å². The Morgan fingerprint density at radius 3 is 2.23 bits per heavy atom. The van der Waals surface area contributed by atoms with Crippen molar-refractivity contribution in [2.45, 2.75) is 26.1 Å². The largest absolute Gasteiger partial charge is 0.412 e. The van der Waals surface area contributed by atoms with Crippen molar-refractivity contribution in [1.82, 2.24) is 5.32 Å². The summed E-state index contributed by atoms with van der Waals surface area (Å²) in [5.41, 5.74) is 4.64. The molecular formula is C7H13F3N2O. The fourth-order valence-electron chi connectivity index (χ4n) is 0.563. The lowest BCUT2D eigenvalue weighted by atomic mass is 10.2. The molecule has 78 valence electrons. The molecule has 0 aromatic heterocycles. The average Bonchev–Trinajstić information content (AvgIpc) is 1.96. The predicted molar refractivity (Wildman–Crippen MR) is 41.9 cm³/mol. The van der Waals surface area contributed by atoms with Crippen LogP contribution in [-0.4, -0.2) is 24.7 Å². The summed E-state index contributed by atoms with van der Waals surface area (Å²) in [6, 6.07) is -2.42. The molecule has 0 saturated carbocycles. The van der Waals surface area contributed by atoms with Crippen molar-refractivity contribution in [2.24, 2.45) is 11.7 Å². The second-order valence-electron chi connectivity index (χ2n) is 3.16. The topological polar surface area (TPSA) is 55.1 Å². The van der Waals surface area contributed by atoms with Crippen molar-refractivity contribution < 1.29 is 18.0 Å². The molecule has 13 heavy (non-hydrogen) atoms. The van der Waals surface area contributed by atoms with Crippen molar-refractivity contribution in [1.29, 1.82) is 0 Å². The van der Waals surface area contributed by atoms with Crippen LogP contribution in [0.1, 0.15) is 13.8 Å². The number of nitrogens with two attached hydrogens (primary N) is 1. The number of hydrogen-bond donors (Lipinski definition) is 2. The van der Waals surface area contributed by atoms with Crippen LogP contribution in [0.5, 0.6) is 0 Å². The smallest absolute Gasteiger partial charge is 0.354 e. The van der Waals surface area contributed by atoms with Gasteiger partial charge >= 0.3 is 6.18 Å². The maximum atomic E-state index is 11.8. The number of hydrogen-bond acceptors (Lipinski definition) is 2. The van der Waals surface area contributed by atoms with Gasteiger partial charge in [-0.25, -0.2) is 0 Å². The third kappa shape index (κ3) is 4.72. The Hall–Kier alpha value is -0.780. The lowest BCUT2D eigenvalue weighted by Gasteiger charge is -2.15. The van der Waals surface area contributed by atoms with Gasteiger partial charge in [0.25, 0.3) is 0 Å². The molecule has 0 saturated heterocycles. The molecule has 0 radical (unpaired) electrons. The zero-order valence-corrected chi connectivity index (χ0v) is 7.48. The van der Waals surface area contributed by atoms with Crippen molar-refractivity contribution >= 4 is 5.91 Å². The molecule has 1 atom stereocenters. The van der Waals surface area contributed by atoms with Gasteiger partial charge in [0.1, 0.15) is 0 Å². The molecule has 1 amide bonds. The van der Waals surface area contributed by atoms with E-state index in [2.05, 4.69) is 11.1 Å². The molecule has 0 heterocycles. The maximum absolute atomic E-state index is 11.8. The van der Waals surface area contributed by atoms with E-state index in [-0.39, 0.29) is 12.5 Å². The van der Waals surface area contributed by atoms with Crippen LogP contribution in [0.25, 0.3) is 0 Å². The first-order valence-corrected chi connectivity index (χ1v) is 3.85. The second kappa shape index (κ2) is 4.45. The normalized spacial score (nSPS) is 14.4. The minimum atomic E-state index is -4.67. The molecule has 1 unspecified atom stereocenters. The number of amides is 1. The first-order valence-electron chi connectivity index (χ1n) is 3.85. The van der Waals surface area contributed by atoms with Crippen molar-refractivity contribution in [3.8, 4) is 0 Å². The van der Waals surface area contributed by atoms with E-state index in [4.69, 9.17) is 0 Å². The molecule has 0 aromatic carbocycles. The Bertz CT molecular complexity index is 179. The zero-order chi connectivity index (χ0) is 10.6. The number of carbonyl (C=O) groups excluding carboxylic acids is 1.